The van der Waals surface area contributed by atoms with E-state index in [2.05, 4.69) is 19.9 Å². The van der Waals surface area contributed by atoms with Crippen molar-refractivity contribution in [2.75, 3.05) is 9.80 Å². The van der Waals surface area contributed by atoms with E-state index in [0.717, 1.165) is 0 Å². The summed E-state index contributed by atoms with van der Waals surface area (Å²) < 4.78 is 0. The first-order chi connectivity index (χ1) is 21.1. The van der Waals surface area contributed by atoms with Crippen LogP contribution < -0.4 is 32.7 Å². The number of hydrogen-bond donors (Lipinski definition) is 4. The maximum atomic E-state index is 11.7. The van der Waals surface area contributed by atoms with Gasteiger partial charge in [-0.05, 0) is 60.7 Å². The first kappa shape index (κ1) is 28.7. The van der Waals surface area contributed by atoms with Crippen LogP contribution in [0.2, 0.25) is 0 Å². The van der Waals surface area contributed by atoms with Gasteiger partial charge >= 0.3 is 0 Å². The van der Waals surface area contributed by atoms with E-state index in [1.54, 1.807) is 52.3 Å². The molecule has 0 aromatic carbocycles. The molecular weight excluding hydrogens is 566 g/mol. The molecule has 8 N–H and O–H groups in total. The van der Waals surface area contributed by atoms with Gasteiger partial charge in [0.05, 0.1) is 22.3 Å². The number of carbonyl (C=O) groups excluding carboxylic acids is 4. The number of pyridine rings is 5. The molecule has 218 valence electrons. The van der Waals surface area contributed by atoms with Gasteiger partial charge in [0.25, 0.3) is 0 Å². The van der Waals surface area contributed by atoms with Gasteiger partial charge in [-0.1, -0.05) is 6.07 Å². The molecule has 0 saturated carbocycles. The van der Waals surface area contributed by atoms with Crippen molar-refractivity contribution >= 4 is 58.5 Å². The smallest absolute Gasteiger partial charge is 0.250 e. The minimum atomic E-state index is -0.653. The highest BCUT2D eigenvalue weighted by atomic mass is 16.2. The zero-order chi connectivity index (χ0) is 31.4. The van der Waals surface area contributed by atoms with Gasteiger partial charge < -0.3 is 22.9 Å². The van der Waals surface area contributed by atoms with Crippen LogP contribution in [0.5, 0.6) is 0 Å². The lowest BCUT2D eigenvalue weighted by Gasteiger charge is -2.26. The molecule has 0 aliphatic rings. The number of rotatable bonds is 10. The number of hydrogen-bond acceptors (Lipinski definition) is 11. The Hall–Kier alpha value is -6.77. The summed E-state index contributed by atoms with van der Waals surface area (Å²) in [6, 6.07) is 17.3. The number of amides is 4. The number of primary amides is 4. The molecule has 0 radical (unpaired) electrons. The summed E-state index contributed by atoms with van der Waals surface area (Å²) >= 11 is 0. The van der Waals surface area contributed by atoms with E-state index in [4.69, 9.17) is 27.9 Å². The summed E-state index contributed by atoms with van der Waals surface area (Å²) in [4.78, 5) is 72.2. The number of anilines is 6. The molecule has 0 fully saturated rings. The molecule has 5 aromatic rings. The van der Waals surface area contributed by atoms with E-state index in [0.29, 0.717) is 34.9 Å². The van der Waals surface area contributed by atoms with Gasteiger partial charge in [0.2, 0.25) is 23.6 Å². The van der Waals surface area contributed by atoms with Crippen molar-refractivity contribution in [2.24, 2.45) is 22.9 Å². The molecule has 0 saturated heterocycles. The lowest BCUT2D eigenvalue weighted by atomic mass is 10.2. The fourth-order valence-corrected chi connectivity index (χ4v) is 4.02. The summed E-state index contributed by atoms with van der Waals surface area (Å²) in [5.41, 5.74) is 22.3. The minimum Gasteiger partial charge on any atom is -0.366 e. The Labute approximate surface area is 249 Å². The van der Waals surface area contributed by atoms with Crippen LogP contribution in [0.3, 0.4) is 0 Å². The van der Waals surface area contributed by atoms with Gasteiger partial charge in [0, 0.05) is 24.8 Å². The molecule has 4 amide bonds. The average molecular weight is 590 g/mol. The quantitative estimate of drug-likeness (QED) is 0.183. The third kappa shape index (κ3) is 5.96. The molecule has 5 heterocycles. The summed E-state index contributed by atoms with van der Waals surface area (Å²) in [7, 11) is 0. The van der Waals surface area contributed by atoms with Crippen LogP contribution in [0.4, 0.5) is 34.9 Å². The highest BCUT2D eigenvalue weighted by Gasteiger charge is 2.22. The second-order valence-corrected chi connectivity index (χ2v) is 9.10. The Morgan fingerprint density at radius 2 is 0.682 bits per heavy atom. The predicted octanol–water partition coefficient (Wildman–Crippen LogP) is 2.00. The largest absolute Gasteiger partial charge is 0.366 e. The van der Waals surface area contributed by atoms with Crippen LogP contribution in [0.25, 0.3) is 0 Å². The minimum absolute atomic E-state index is 0.189. The standard InChI is InChI=1S/C29H23N11O4/c30-26(41)16-4-8-20(34-12-16)39(21-9-5-17(13-35-21)27(31)42)24-2-1-3-25(38-24)40(22-10-6-18(14-36-22)28(32)43)23-11-7-19(15-37-23)29(33)44/h1-15H,(H2,30,41)(H2,31,42)(H2,32,43)(H2,33,44). The van der Waals surface area contributed by atoms with Gasteiger partial charge in [0.15, 0.2) is 0 Å². The Morgan fingerprint density at radius 3 is 0.886 bits per heavy atom. The van der Waals surface area contributed by atoms with Crippen molar-refractivity contribution in [3.05, 3.63) is 114 Å². The topological polar surface area (TPSA) is 243 Å². The Kier molecular flexibility index (Phi) is 7.84. The van der Waals surface area contributed by atoms with Crippen molar-refractivity contribution < 1.29 is 19.2 Å². The molecule has 15 nitrogen and oxygen atoms in total. The summed E-state index contributed by atoms with van der Waals surface area (Å²) in [5, 5.41) is 0. The monoisotopic (exact) mass is 589 g/mol. The summed E-state index contributed by atoms with van der Waals surface area (Å²) in [5.74, 6) is -0.712. The molecule has 0 aliphatic carbocycles. The van der Waals surface area contributed by atoms with Gasteiger partial charge in [-0.2, -0.15) is 0 Å². The molecule has 0 aliphatic heterocycles. The Morgan fingerprint density at radius 1 is 0.409 bits per heavy atom. The lowest BCUT2D eigenvalue weighted by Crippen LogP contribution is -2.20. The van der Waals surface area contributed by atoms with Gasteiger partial charge in [0.1, 0.15) is 34.9 Å². The van der Waals surface area contributed by atoms with E-state index in [1.165, 1.54) is 49.1 Å². The third-order valence-electron chi connectivity index (χ3n) is 6.22. The summed E-state index contributed by atoms with van der Waals surface area (Å²) in [6.07, 6.45) is 5.25. The van der Waals surface area contributed by atoms with Gasteiger partial charge in [-0.15, -0.1) is 0 Å². The number of nitrogens with zero attached hydrogens (tertiary/aromatic N) is 7. The zero-order valence-electron chi connectivity index (χ0n) is 22.7. The van der Waals surface area contributed by atoms with Crippen LogP contribution in [0.1, 0.15) is 41.4 Å². The number of aromatic nitrogens is 5. The van der Waals surface area contributed by atoms with Crippen LogP contribution >= 0.6 is 0 Å². The molecule has 5 aromatic heterocycles. The van der Waals surface area contributed by atoms with Crippen molar-refractivity contribution in [3.8, 4) is 0 Å². The highest BCUT2D eigenvalue weighted by Crippen LogP contribution is 2.35. The molecule has 0 bridgehead atoms. The van der Waals surface area contributed by atoms with Gasteiger partial charge in [-0.3, -0.25) is 29.0 Å². The Bertz CT molecular complexity index is 1610. The summed E-state index contributed by atoms with van der Waals surface area (Å²) in [6.45, 7) is 0. The zero-order valence-corrected chi connectivity index (χ0v) is 22.7. The van der Waals surface area contributed by atoms with E-state index in [9.17, 15) is 19.2 Å². The molecular formula is C29H23N11O4. The highest BCUT2D eigenvalue weighted by molar-refractivity contribution is 5.94. The van der Waals surface area contributed by atoms with Gasteiger partial charge in [-0.25, -0.2) is 24.9 Å². The molecule has 44 heavy (non-hydrogen) atoms. The molecule has 0 atom stereocenters. The third-order valence-corrected chi connectivity index (χ3v) is 6.22. The molecule has 15 heteroatoms. The normalized spacial score (nSPS) is 10.5. The number of nitrogens with two attached hydrogens (primary N) is 4. The maximum Gasteiger partial charge on any atom is 0.250 e. The van der Waals surface area contributed by atoms with Crippen molar-refractivity contribution in [3.63, 3.8) is 0 Å². The van der Waals surface area contributed by atoms with Crippen LogP contribution in [0, 0.1) is 0 Å². The Balaban J connectivity index is 1.66. The average Bonchev–Trinajstić information content (AvgIpc) is 3.02. The predicted molar refractivity (Wildman–Crippen MR) is 159 cm³/mol. The molecule has 0 unspecified atom stereocenters. The van der Waals surface area contributed by atoms with Crippen LogP contribution in [-0.2, 0) is 0 Å². The SMILES string of the molecule is NC(=O)c1ccc(N(c2ccc(C(N)=O)cn2)c2cccc(N(c3ccc(C(N)=O)cn3)c3ccc(C(N)=O)cn3)n2)nc1. The second-order valence-electron chi connectivity index (χ2n) is 9.10. The van der Waals surface area contributed by atoms with E-state index in [-0.39, 0.29) is 22.3 Å². The lowest BCUT2D eigenvalue weighted by molar-refractivity contribution is 0.0991. The van der Waals surface area contributed by atoms with Crippen LogP contribution in [0.15, 0.2) is 91.5 Å². The number of carbonyl (C=O) groups is 4. The van der Waals surface area contributed by atoms with E-state index >= 15 is 0 Å². The van der Waals surface area contributed by atoms with Crippen molar-refractivity contribution in [1.82, 2.24) is 24.9 Å². The molecule has 0 spiro atoms. The fourth-order valence-electron chi connectivity index (χ4n) is 4.02. The van der Waals surface area contributed by atoms with E-state index in [1.807, 2.05) is 0 Å². The first-order valence-corrected chi connectivity index (χ1v) is 12.7. The molecule has 5 rings (SSSR count). The first-order valence-electron chi connectivity index (χ1n) is 12.7. The van der Waals surface area contributed by atoms with Crippen molar-refractivity contribution in [1.29, 1.82) is 0 Å². The van der Waals surface area contributed by atoms with Crippen molar-refractivity contribution in [2.45, 2.75) is 0 Å². The fraction of sp³-hybridized carbons (Fsp3) is 0. The maximum absolute atomic E-state index is 11.7. The second kappa shape index (κ2) is 12.0. The van der Waals surface area contributed by atoms with E-state index < -0.39 is 23.6 Å². The van der Waals surface area contributed by atoms with Crippen LogP contribution in [-0.4, -0.2) is 48.5 Å².